The van der Waals surface area contributed by atoms with Crippen molar-refractivity contribution in [3.05, 3.63) is 71.9 Å². The summed E-state index contributed by atoms with van der Waals surface area (Å²) in [6, 6.07) is 15.7. The number of hydrogen-bond donors (Lipinski definition) is 0. The number of hydrogen-bond acceptors (Lipinski definition) is 2. The van der Waals surface area contributed by atoms with Crippen LogP contribution in [0, 0.1) is 0 Å². The van der Waals surface area contributed by atoms with Crippen LogP contribution in [0.2, 0.25) is 0 Å². The molecule has 138 valence electrons. The van der Waals surface area contributed by atoms with Crippen molar-refractivity contribution in [1.82, 2.24) is 0 Å². The second-order valence-corrected chi connectivity index (χ2v) is 6.27. The maximum Gasteiger partial charge on any atom is 0.454 e. The largest absolute Gasteiger partial charge is 0.454 e. The molecule has 0 N–H and O–H groups in total. The Kier molecular flexibility index (Phi) is 6.24. The minimum atomic E-state index is -4.93. The van der Waals surface area contributed by atoms with Crippen LogP contribution in [0.4, 0.5) is 18.9 Å². The Labute approximate surface area is 152 Å². The van der Waals surface area contributed by atoms with Gasteiger partial charge in [-0.1, -0.05) is 56.3 Å². The van der Waals surface area contributed by atoms with Crippen molar-refractivity contribution >= 4 is 17.0 Å². The SMILES string of the molecule is CCN(/C=C(\C(=O)C(F)(F)F)c1ccc(C(C)C)cc1)c1ccccc1. The van der Waals surface area contributed by atoms with Gasteiger partial charge in [0.15, 0.2) is 0 Å². The molecular weight excluding hydrogens is 339 g/mol. The molecule has 0 atom stereocenters. The number of benzene rings is 2. The van der Waals surface area contributed by atoms with Crippen LogP contribution in [0.3, 0.4) is 0 Å². The summed E-state index contributed by atoms with van der Waals surface area (Å²) in [5.74, 6) is -1.59. The van der Waals surface area contributed by atoms with Crippen LogP contribution in [0.1, 0.15) is 37.8 Å². The fourth-order valence-electron chi connectivity index (χ4n) is 2.59. The van der Waals surface area contributed by atoms with Gasteiger partial charge in [-0.2, -0.15) is 13.2 Å². The van der Waals surface area contributed by atoms with E-state index < -0.39 is 12.0 Å². The van der Waals surface area contributed by atoms with Crippen molar-refractivity contribution in [1.29, 1.82) is 0 Å². The fourth-order valence-corrected chi connectivity index (χ4v) is 2.59. The molecule has 0 aliphatic carbocycles. The van der Waals surface area contributed by atoms with E-state index in [9.17, 15) is 18.0 Å². The Morgan fingerprint density at radius 1 is 1.04 bits per heavy atom. The third-order valence-corrected chi connectivity index (χ3v) is 4.10. The normalized spacial score (nSPS) is 12.3. The number of ketones is 1. The Bertz CT molecular complexity index is 762. The predicted octanol–water partition coefficient (Wildman–Crippen LogP) is 5.81. The molecule has 0 radical (unpaired) electrons. The molecule has 2 rings (SSSR count). The number of Topliss-reactive ketones (excluding diaryl/α,β-unsaturated/α-hetero) is 1. The fraction of sp³-hybridized carbons (Fsp3) is 0.286. The first-order valence-electron chi connectivity index (χ1n) is 8.49. The van der Waals surface area contributed by atoms with Gasteiger partial charge in [0.25, 0.3) is 5.78 Å². The highest BCUT2D eigenvalue weighted by Gasteiger charge is 2.41. The summed E-state index contributed by atoms with van der Waals surface area (Å²) in [6.07, 6.45) is -3.64. The van der Waals surface area contributed by atoms with Gasteiger partial charge >= 0.3 is 6.18 Å². The van der Waals surface area contributed by atoms with Gasteiger partial charge in [0.05, 0.1) is 5.57 Å². The van der Waals surface area contributed by atoms with E-state index >= 15 is 0 Å². The molecule has 26 heavy (non-hydrogen) atoms. The Morgan fingerprint density at radius 3 is 2.08 bits per heavy atom. The minimum Gasteiger partial charge on any atom is -0.348 e. The van der Waals surface area contributed by atoms with Crippen molar-refractivity contribution in [2.75, 3.05) is 11.4 Å². The number of anilines is 1. The summed E-state index contributed by atoms with van der Waals surface area (Å²) in [5, 5.41) is 0. The first-order chi connectivity index (χ1) is 12.2. The number of para-hydroxylation sites is 1. The number of carbonyl (C=O) groups is 1. The zero-order valence-electron chi connectivity index (χ0n) is 15.0. The van der Waals surface area contributed by atoms with Crippen LogP contribution in [0.15, 0.2) is 60.8 Å². The molecule has 0 heterocycles. The van der Waals surface area contributed by atoms with Gasteiger partial charge in [0.2, 0.25) is 0 Å². The van der Waals surface area contributed by atoms with E-state index in [4.69, 9.17) is 0 Å². The maximum atomic E-state index is 13.1. The van der Waals surface area contributed by atoms with Crippen LogP contribution in [0.5, 0.6) is 0 Å². The summed E-state index contributed by atoms with van der Waals surface area (Å²) >= 11 is 0. The molecule has 5 heteroatoms. The lowest BCUT2D eigenvalue weighted by atomic mass is 9.97. The average Bonchev–Trinajstić information content (AvgIpc) is 2.62. The molecular formula is C21H22F3NO. The maximum absolute atomic E-state index is 13.1. The molecule has 0 saturated carbocycles. The Morgan fingerprint density at radius 2 is 1.62 bits per heavy atom. The molecule has 0 bridgehead atoms. The molecule has 0 aliphatic heterocycles. The number of carbonyl (C=O) groups excluding carboxylic acids is 1. The Hall–Kier alpha value is -2.56. The van der Waals surface area contributed by atoms with Crippen LogP contribution < -0.4 is 4.90 Å². The van der Waals surface area contributed by atoms with Crippen molar-refractivity contribution < 1.29 is 18.0 Å². The van der Waals surface area contributed by atoms with Crippen LogP contribution in [-0.2, 0) is 4.79 Å². The first-order valence-corrected chi connectivity index (χ1v) is 8.49. The van der Waals surface area contributed by atoms with Crippen molar-refractivity contribution in [2.45, 2.75) is 32.9 Å². The second kappa shape index (κ2) is 8.21. The number of nitrogens with zero attached hydrogens (tertiary/aromatic N) is 1. The van der Waals surface area contributed by atoms with Gasteiger partial charge in [0, 0.05) is 18.4 Å². The molecule has 0 aliphatic rings. The standard InChI is InChI=1S/C21H22F3NO/c1-4-25(18-8-6-5-7-9-18)14-19(20(26)21(22,23)24)17-12-10-16(11-13-17)15(2)3/h5-15H,4H2,1-3H3/b19-14-. The van der Waals surface area contributed by atoms with E-state index in [1.165, 1.54) is 6.20 Å². The monoisotopic (exact) mass is 361 g/mol. The van der Waals surface area contributed by atoms with Gasteiger partial charge < -0.3 is 4.90 Å². The molecule has 0 spiro atoms. The molecule has 0 saturated heterocycles. The second-order valence-electron chi connectivity index (χ2n) is 6.27. The Balaban J connectivity index is 2.51. The summed E-state index contributed by atoms with van der Waals surface area (Å²) in [4.78, 5) is 13.7. The van der Waals surface area contributed by atoms with Gasteiger partial charge in [-0.05, 0) is 36.1 Å². The molecule has 2 aromatic carbocycles. The first kappa shape index (κ1) is 19.8. The van der Waals surface area contributed by atoms with Crippen molar-refractivity contribution in [2.24, 2.45) is 0 Å². The zero-order valence-corrected chi connectivity index (χ0v) is 15.0. The molecule has 0 fully saturated rings. The van der Waals surface area contributed by atoms with E-state index in [-0.39, 0.29) is 17.1 Å². The van der Waals surface area contributed by atoms with Gasteiger partial charge in [-0.15, -0.1) is 0 Å². The van der Waals surface area contributed by atoms with Gasteiger partial charge in [-0.25, -0.2) is 0 Å². The van der Waals surface area contributed by atoms with Gasteiger partial charge in [0.1, 0.15) is 0 Å². The molecule has 2 aromatic rings. The number of alkyl halides is 3. The third-order valence-electron chi connectivity index (χ3n) is 4.10. The van der Waals surface area contributed by atoms with E-state index in [2.05, 4.69) is 0 Å². The summed E-state index contributed by atoms with van der Waals surface area (Å²) in [6.45, 7) is 6.26. The van der Waals surface area contributed by atoms with Crippen LogP contribution >= 0.6 is 0 Å². The van der Waals surface area contributed by atoms with Crippen LogP contribution in [-0.4, -0.2) is 18.5 Å². The highest BCUT2D eigenvalue weighted by molar-refractivity contribution is 6.23. The summed E-state index contributed by atoms with van der Waals surface area (Å²) < 4.78 is 39.4. The summed E-state index contributed by atoms with van der Waals surface area (Å²) in [5.41, 5.74) is 1.62. The van der Waals surface area contributed by atoms with E-state index in [1.807, 2.05) is 26.8 Å². The zero-order chi connectivity index (χ0) is 19.3. The van der Waals surface area contributed by atoms with E-state index in [0.717, 1.165) is 11.3 Å². The molecule has 2 nitrogen and oxygen atoms in total. The lowest BCUT2D eigenvalue weighted by Crippen LogP contribution is -2.26. The number of allylic oxidation sites excluding steroid dienone is 1. The van der Waals surface area contributed by atoms with Crippen molar-refractivity contribution in [3.8, 4) is 0 Å². The lowest BCUT2D eigenvalue weighted by Gasteiger charge is -2.21. The molecule has 0 unspecified atom stereocenters. The smallest absolute Gasteiger partial charge is 0.348 e. The predicted molar refractivity (Wildman–Crippen MR) is 99.0 cm³/mol. The molecule has 0 aromatic heterocycles. The van der Waals surface area contributed by atoms with Crippen molar-refractivity contribution in [3.63, 3.8) is 0 Å². The van der Waals surface area contributed by atoms with E-state index in [1.54, 1.807) is 53.4 Å². The number of rotatable bonds is 6. The topological polar surface area (TPSA) is 20.3 Å². The van der Waals surface area contributed by atoms with Crippen LogP contribution in [0.25, 0.3) is 5.57 Å². The highest BCUT2D eigenvalue weighted by Crippen LogP contribution is 2.29. The average molecular weight is 361 g/mol. The summed E-state index contributed by atoms with van der Waals surface area (Å²) in [7, 11) is 0. The molecule has 0 amide bonds. The third kappa shape index (κ3) is 4.75. The van der Waals surface area contributed by atoms with E-state index in [0.29, 0.717) is 6.54 Å². The quantitative estimate of drug-likeness (QED) is 0.605. The van der Waals surface area contributed by atoms with Gasteiger partial charge in [-0.3, -0.25) is 4.79 Å². The number of halogens is 3. The highest BCUT2D eigenvalue weighted by atomic mass is 19.4. The minimum absolute atomic E-state index is 0.256. The lowest BCUT2D eigenvalue weighted by molar-refractivity contribution is -0.164.